The van der Waals surface area contributed by atoms with Gasteiger partial charge in [-0.05, 0) is 52.2 Å². The second-order valence-electron chi connectivity index (χ2n) is 6.55. The number of anilines is 1. The van der Waals surface area contributed by atoms with Crippen LogP contribution in [0.15, 0.2) is 84.9 Å². The van der Waals surface area contributed by atoms with Gasteiger partial charge in [-0.15, -0.1) is 0 Å². The molecule has 0 amide bonds. The molecule has 28 heavy (non-hydrogen) atoms. The van der Waals surface area contributed by atoms with Crippen molar-refractivity contribution in [2.24, 2.45) is 0 Å². The predicted octanol–water partition coefficient (Wildman–Crippen LogP) is 7.34. The van der Waals surface area contributed by atoms with Gasteiger partial charge in [0.25, 0.3) is 0 Å². The quantitative estimate of drug-likeness (QED) is 0.360. The number of hydrogen-bond acceptors (Lipinski definition) is 2. The highest BCUT2D eigenvalue weighted by molar-refractivity contribution is 6.36. The van der Waals surface area contributed by atoms with Gasteiger partial charge in [-0.3, -0.25) is 0 Å². The Hall–Kier alpha value is -2.68. The molecule has 0 aliphatic heterocycles. The molecule has 0 heterocycles. The summed E-state index contributed by atoms with van der Waals surface area (Å²) in [5.74, 6) is 0.848. The fraction of sp³-hybridized carbons (Fsp3) is 0.0833. The molecular formula is C24H19Cl2NO. The monoisotopic (exact) mass is 407 g/mol. The van der Waals surface area contributed by atoms with Gasteiger partial charge in [-0.25, -0.2) is 0 Å². The minimum atomic E-state index is 0.541. The number of ether oxygens (including phenoxy) is 1. The van der Waals surface area contributed by atoms with E-state index in [9.17, 15) is 0 Å². The molecule has 0 fully saturated rings. The van der Waals surface area contributed by atoms with Gasteiger partial charge in [-0.2, -0.15) is 0 Å². The first-order valence-electron chi connectivity index (χ1n) is 9.06. The molecule has 1 N–H and O–H groups in total. The highest BCUT2D eigenvalue weighted by atomic mass is 35.5. The highest BCUT2D eigenvalue weighted by Crippen LogP contribution is 2.26. The molecule has 0 aliphatic rings. The van der Waals surface area contributed by atoms with Crippen LogP contribution in [0.1, 0.15) is 11.1 Å². The third-order valence-corrected chi connectivity index (χ3v) is 5.16. The number of halogens is 2. The lowest BCUT2D eigenvalue weighted by atomic mass is 10.1. The zero-order chi connectivity index (χ0) is 19.3. The third kappa shape index (κ3) is 4.41. The van der Waals surface area contributed by atoms with Crippen LogP contribution in [-0.4, -0.2) is 0 Å². The second-order valence-corrected chi connectivity index (χ2v) is 7.39. The normalized spacial score (nSPS) is 10.8. The van der Waals surface area contributed by atoms with E-state index >= 15 is 0 Å². The van der Waals surface area contributed by atoms with Crippen LogP contribution in [0.5, 0.6) is 5.75 Å². The van der Waals surface area contributed by atoms with Crippen LogP contribution in [-0.2, 0) is 13.2 Å². The maximum Gasteiger partial charge on any atom is 0.119 e. The van der Waals surface area contributed by atoms with E-state index in [1.165, 1.54) is 16.3 Å². The van der Waals surface area contributed by atoms with Crippen molar-refractivity contribution in [2.45, 2.75) is 13.2 Å². The van der Waals surface area contributed by atoms with Gasteiger partial charge in [0.15, 0.2) is 0 Å². The summed E-state index contributed by atoms with van der Waals surface area (Å²) in [5.41, 5.74) is 3.19. The Bertz CT molecular complexity index is 1090. The molecule has 4 heteroatoms. The molecule has 4 aromatic rings. The summed E-state index contributed by atoms with van der Waals surface area (Å²) in [6, 6.07) is 28.2. The molecule has 0 saturated heterocycles. The van der Waals surface area contributed by atoms with Crippen LogP contribution >= 0.6 is 23.2 Å². The zero-order valence-electron chi connectivity index (χ0n) is 15.2. The summed E-state index contributed by atoms with van der Waals surface area (Å²) < 4.78 is 5.99. The number of nitrogens with one attached hydrogen (secondary N) is 1. The Morgan fingerprint density at radius 1 is 0.786 bits per heavy atom. The molecule has 4 rings (SSSR count). The fourth-order valence-electron chi connectivity index (χ4n) is 3.11. The molecule has 0 bridgehead atoms. The Morgan fingerprint density at radius 3 is 2.39 bits per heavy atom. The molecule has 140 valence electrons. The lowest BCUT2D eigenvalue weighted by Crippen LogP contribution is -2.00. The minimum Gasteiger partial charge on any atom is -0.489 e. The van der Waals surface area contributed by atoms with Crippen LogP contribution in [0, 0.1) is 0 Å². The Labute approximate surface area is 174 Å². The lowest BCUT2D eigenvalue weighted by molar-refractivity contribution is 0.307. The maximum absolute atomic E-state index is 6.19. The Kier molecular flexibility index (Phi) is 5.70. The van der Waals surface area contributed by atoms with Crippen molar-refractivity contribution in [1.82, 2.24) is 0 Å². The molecule has 0 aromatic heterocycles. The third-order valence-electron chi connectivity index (χ3n) is 4.61. The van der Waals surface area contributed by atoms with Gasteiger partial charge in [0, 0.05) is 11.6 Å². The molecule has 0 spiro atoms. The van der Waals surface area contributed by atoms with Gasteiger partial charge in [0.2, 0.25) is 0 Å². The van der Waals surface area contributed by atoms with Crippen LogP contribution in [0.4, 0.5) is 5.69 Å². The van der Waals surface area contributed by atoms with E-state index in [4.69, 9.17) is 27.9 Å². The van der Waals surface area contributed by atoms with Crippen molar-refractivity contribution >= 4 is 39.7 Å². The lowest BCUT2D eigenvalue weighted by Gasteiger charge is -2.11. The van der Waals surface area contributed by atoms with E-state index < -0.39 is 0 Å². The molecule has 0 saturated carbocycles. The first-order chi connectivity index (χ1) is 13.7. The summed E-state index contributed by atoms with van der Waals surface area (Å²) in [5, 5.41) is 7.02. The van der Waals surface area contributed by atoms with Crippen LogP contribution in [0.25, 0.3) is 10.8 Å². The van der Waals surface area contributed by atoms with Gasteiger partial charge < -0.3 is 10.1 Å². The van der Waals surface area contributed by atoms with Gasteiger partial charge in [0.05, 0.1) is 10.7 Å². The van der Waals surface area contributed by atoms with E-state index in [1.807, 2.05) is 24.3 Å². The zero-order valence-corrected chi connectivity index (χ0v) is 16.7. The van der Waals surface area contributed by atoms with Crippen molar-refractivity contribution in [2.75, 3.05) is 5.32 Å². The molecule has 4 aromatic carbocycles. The summed E-state index contributed by atoms with van der Waals surface area (Å²) in [4.78, 5) is 0. The van der Waals surface area contributed by atoms with Crippen molar-refractivity contribution in [3.05, 3.63) is 106 Å². The average molecular weight is 408 g/mol. The smallest absolute Gasteiger partial charge is 0.119 e. The molecule has 0 aliphatic carbocycles. The van der Waals surface area contributed by atoms with E-state index in [0.29, 0.717) is 23.2 Å². The Morgan fingerprint density at radius 2 is 1.57 bits per heavy atom. The van der Waals surface area contributed by atoms with Crippen LogP contribution in [0.3, 0.4) is 0 Å². The summed E-state index contributed by atoms with van der Waals surface area (Å²) in [6.45, 7) is 1.21. The molecule has 0 atom stereocenters. The van der Waals surface area contributed by atoms with Crippen molar-refractivity contribution in [3.8, 4) is 5.75 Å². The first kappa shape index (κ1) is 18.7. The van der Waals surface area contributed by atoms with Crippen LogP contribution < -0.4 is 10.1 Å². The van der Waals surface area contributed by atoms with Crippen LogP contribution in [0.2, 0.25) is 10.0 Å². The topological polar surface area (TPSA) is 21.3 Å². The molecular weight excluding hydrogens is 389 g/mol. The second kappa shape index (κ2) is 8.55. The molecule has 0 radical (unpaired) electrons. The number of rotatable bonds is 6. The minimum absolute atomic E-state index is 0.541. The van der Waals surface area contributed by atoms with Gasteiger partial charge >= 0.3 is 0 Å². The number of benzene rings is 4. The fourth-order valence-corrected chi connectivity index (χ4v) is 3.59. The van der Waals surface area contributed by atoms with Gasteiger partial charge in [-0.1, -0.05) is 77.8 Å². The summed E-state index contributed by atoms with van der Waals surface area (Å²) >= 11 is 12.1. The van der Waals surface area contributed by atoms with E-state index in [1.54, 1.807) is 6.07 Å². The number of fused-ring (bicyclic) bond motifs is 1. The summed E-state index contributed by atoms with van der Waals surface area (Å²) in [7, 11) is 0. The Balaban J connectivity index is 1.38. The van der Waals surface area contributed by atoms with Crippen molar-refractivity contribution in [3.63, 3.8) is 0 Å². The van der Waals surface area contributed by atoms with Crippen molar-refractivity contribution < 1.29 is 4.74 Å². The SMILES string of the molecule is Clc1ccc(NCc2ccc(OCc3cccc4ccccc34)cc2)c(Cl)c1. The van der Waals surface area contributed by atoms with Gasteiger partial charge in [0.1, 0.15) is 12.4 Å². The number of hydrogen-bond donors (Lipinski definition) is 1. The van der Waals surface area contributed by atoms with E-state index in [0.717, 1.165) is 17.0 Å². The first-order valence-corrected chi connectivity index (χ1v) is 9.82. The summed E-state index contributed by atoms with van der Waals surface area (Å²) in [6.07, 6.45) is 0. The standard InChI is InChI=1S/C24H19Cl2NO/c25-20-10-13-24(23(26)14-20)27-15-17-8-11-21(12-9-17)28-16-19-6-3-5-18-4-1-2-7-22(18)19/h1-14,27H,15-16H2. The maximum atomic E-state index is 6.19. The van der Waals surface area contributed by atoms with E-state index in [2.05, 4.69) is 59.9 Å². The molecule has 0 unspecified atom stereocenters. The van der Waals surface area contributed by atoms with E-state index in [-0.39, 0.29) is 0 Å². The predicted molar refractivity (Wildman–Crippen MR) is 119 cm³/mol. The average Bonchev–Trinajstić information content (AvgIpc) is 2.72. The van der Waals surface area contributed by atoms with Crippen molar-refractivity contribution in [1.29, 1.82) is 0 Å². The molecule has 2 nitrogen and oxygen atoms in total. The highest BCUT2D eigenvalue weighted by Gasteiger charge is 2.03. The largest absolute Gasteiger partial charge is 0.489 e.